The molecule has 0 atom stereocenters. The van der Waals surface area contributed by atoms with Crippen molar-refractivity contribution in [2.75, 3.05) is 10.5 Å². The van der Waals surface area contributed by atoms with Crippen LogP contribution in [0, 0.1) is 5.41 Å². The quantitative estimate of drug-likeness (QED) is 0.818. The first-order valence-corrected chi connectivity index (χ1v) is 7.74. The van der Waals surface area contributed by atoms with Crippen LogP contribution in [0.4, 0.5) is 5.69 Å². The fraction of sp³-hybridized carbons (Fsp3) is 0.357. The molecule has 1 rings (SSSR count). The van der Waals surface area contributed by atoms with Gasteiger partial charge in [0.25, 0.3) is 0 Å². The third-order valence-electron chi connectivity index (χ3n) is 2.20. The van der Waals surface area contributed by atoms with Crippen LogP contribution in [0.15, 0.2) is 30.3 Å². The maximum absolute atomic E-state index is 12.0. The molecule has 0 aromatic heterocycles. The molecule has 0 heterocycles. The Balaban J connectivity index is 2.88. The van der Waals surface area contributed by atoms with Crippen molar-refractivity contribution in [3.05, 3.63) is 35.9 Å². The Morgan fingerprint density at radius 1 is 1.35 bits per heavy atom. The van der Waals surface area contributed by atoms with Gasteiger partial charge in [0.2, 0.25) is 10.0 Å². The molecule has 0 radical (unpaired) electrons. The minimum atomic E-state index is -3.43. The molecule has 5 nitrogen and oxygen atoms in total. The topological polar surface area (TPSA) is 83.5 Å². The van der Waals surface area contributed by atoms with Crippen molar-refractivity contribution in [1.29, 1.82) is 0 Å². The summed E-state index contributed by atoms with van der Waals surface area (Å²) in [6.45, 7) is 5.54. The van der Waals surface area contributed by atoms with Gasteiger partial charge >= 0.3 is 5.97 Å². The van der Waals surface area contributed by atoms with E-state index in [1.807, 2.05) is 20.8 Å². The largest absolute Gasteiger partial charge is 0.478 e. The van der Waals surface area contributed by atoms with Crippen molar-refractivity contribution in [2.45, 2.75) is 20.8 Å². The minimum absolute atomic E-state index is 0.00912. The molecule has 1 aromatic carbocycles. The maximum Gasteiger partial charge on any atom is 0.328 e. The molecular formula is C14H19NO4S. The maximum atomic E-state index is 12.0. The second-order valence-electron chi connectivity index (χ2n) is 5.72. The summed E-state index contributed by atoms with van der Waals surface area (Å²) in [6.07, 6.45) is 2.41. The fourth-order valence-corrected chi connectivity index (χ4v) is 3.36. The lowest BCUT2D eigenvalue weighted by molar-refractivity contribution is -0.131. The number of anilines is 1. The number of carboxylic acid groups (broad SMARTS) is 1. The van der Waals surface area contributed by atoms with Crippen molar-refractivity contribution in [3.63, 3.8) is 0 Å². The van der Waals surface area contributed by atoms with E-state index in [9.17, 15) is 13.2 Å². The molecule has 0 saturated carbocycles. The highest BCUT2D eigenvalue weighted by Crippen LogP contribution is 2.19. The van der Waals surface area contributed by atoms with Gasteiger partial charge in [0.05, 0.1) is 5.75 Å². The summed E-state index contributed by atoms with van der Waals surface area (Å²) < 4.78 is 26.4. The number of hydrogen-bond donors (Lipinski definition) is 2. The number of aliphatic carboxylic acids is 1. The van der Waals surface area contributed by atoms with Gasteiger partial charge < -0.3 is 5.11 Å². The van der Waals surface area contributed by atoms with Crippen molar-refractivity contribution in [3.8, 4) is 0 Å². The van der Waals surface area contributed by atoms with E-state index in [1.165, 1.54) is 6.08 Å². The molecule has 110 valence electrons. The summed E-state index contributed by atoms with van der Waals surface area (Å²) >= 11 is 0. The number of hydrogen-bond acceptors (Lipinski definition) is 3. The third kappa shape index (κ3) is 6.38. The van der Waals surface area contributed by atoms with Gasteiger partial charge in [0.1, 0.15) is 0 Å². The van der Waals surface area contributed by atoms with E-state index in [4.69, 9.17) is 5.11 Å². The van der Waals surface area contributed by atoms with Gasteiger partial charge in [-0.05, 0) is 29.2 Å². The number of benzene rings is 1. The predicted octanol–water partition coefficient (Wildman–Crippen LogP) is 2.57. The molecule has 0 spiro atoms. The monoisotopic (exact) mass is 297 g/mol. The summed E-state index contributed by atoms with van der Waals surface area (Å²) in [5.41, 5.74) is 0.692. The van der Waals surface area contributed by atoms with Crippen molar-refractivity contribution in [1.82, 2.24) is 0 Å². The molecule has 0 aliphatic rings. The molecule has 0 saturated heterocycles. The summed E-state index contributed by atoms with van der Waals surface area (Å²) in [5.74, 6) is -1.04. The standard InChI is InChI=1S/C14H19NO4S/c1-14(2,3)10-20(18,19)15-12-6-4-5-11(9-12)7-8-13(16)17/h4-9,15H,10H2,1-3H3,(H,16,17). The molecule has 0 aliphatic heterocycles. The molecule has 2 N–H and O–H groups in total. The van der Waals surface area contributed by atoms with Crippen molar-refractivity contribution >= 4 is 27.8 Å². The van der Waals surface area contributed by atoms with Gasteiger partial charge in [-0.25, -0.2) is 13.2 Å². The Morgan fingerprint density at radius 2 is 2.00 bits per heavy atom. The average Bonchev–Trinajstić information content (AvgIpc) is 2.22. The SMILES string of the molecule is CC(C)(C)CS(=O)(=O)Nc1cccc(C=CC(=O)O)c1. The van der Waals surface area contributed by atoms with Crippen LogP contribution in [-0.2, 0) is 14.8 Å². The van der Waals surface area contributed by atoms with Crippen LogP contribution < -0.4 is 4.72 Å². The first-order chi connectivity index (χ1) is 9.07. The highest BCUT2D eigenvalue weighted by atomic mass is 32.2. The highest BCUT2D eigenvalue weighted by molar-refractivity contribution is 7.92. The number of carbonyl (C=O) groups is 1. The van der Waals surface area contributed by atoms with Crippen LogP contribution in [0.25, 0.3) is 6.08 Å². The Bertz CT molecular complexity index is 612. The van der Waals surface area contributed by atoms with Crippen LogP contribution in [-0.4, -0.2) is 25.2 Å². The Morgan fingerprint density at radius 3 is 2.55 bits per heavy atom. The van der Waals surface area contributed by atoms with Crippen molar-refractivity contribution < 1.29 is 18.3 Å². The predicted molar refractivity (Wildman–Crippen MR) is 80.0 cm³/mol. The van der Waals surface area contributed by atoms with Gasteiger partial charge in [-0.15, -0.1) is 0 Å². The zero-order valence-corrected chi connectivity index (χ0v) is 12.6. The molecular weight excluding hydrogens is 278 g/mol. The summed E-state index contributed by atoms with van der Waals surface area (Å²) in [7, 11) is -3.43. The van der Waals surface area contributed by atoms with Crippen molar-refractivity contribution in [2.24, 2.45) is 5.41 Å². The van der Waals surface area contributed by atoms with Crippen LogP contribution in [0.3, 0.4) is 0 Å². The second kappa shape index (κ2) is 6.09. The van der Waals surface area contributed by atoms with Gasteiger partial charge in [-0.1, -0.05) is 32.9 Å². The fourth-order valence-electron chi connectivity index (χ4n) is 1.66. The number of sulfonamides is 1. The first-order valence-electron chi connectivity index (χ1n) is 6.09. The number of rotatable bonds is 5. The minimum Gasteiger partial charge on any atom is -0.478 e. The third-order valence-corrected chi connectivity index (χ3v) is 3.99. The van der Waals surface area contributed by atoms with Crippen LogP contribution >= 0.6 is 0 Å². The number of nitrogens with one attached hydrogen (secondary N) is 1. The van der Waals surface area contributed by atoms with E-state index in [-0.39, 0.29) is 11.2 Å². The molecule has 0 aliphatic carbocycles. The lowest BCUT2D eigenvalue weighted by atomic mass is 10.0. The van der Waals surface area contributed by atoms with E-state index in [0.717, 1.165) is 6.08 Å². The van der Waals surface area contributed by atoms with Crippen LogP contribution in [0.2, 0.25) is 0 Å². The summed E-state index contributed by atoms with van der Waals surface area (Å²) in [5, 5.41) is 8.56. The van der Waals surface area contributed by atoms with E-state index in [0.29, 0.717) is 11.3 Å². The molecule has 0 unspecified atom stereocenters. The van der Waals surface area contributed by atoms with E-state index in [2.05, 4.69) is 4.72 Å². The molecule has 6 heteroatoms. The lowest BCUT2D eigenvalue weighted by Crippen LogP contribution is -2.26. The smallest absolute Gasteiger partial charge is 0.328 e. The highest BCUT2D eigenvalue weighted by Gasteiger charge is 2.21. The van der Waals surface area contributed by atoms with Gasteiger partial charge in [0.15, 0.2) is 0 Å². The summed E-state index contributed by atoms with van der Waals surface area (Å²) in [4.78, 5) is 10.4. The van der Waals surface area contributed by atoms with Crippen LogP contribution in [0.1, 0.15) is 26.3 Å². The number of carboxylic acids is 1. The second-order valence-corrected chi connectivity index (χ2v) is 7.44. The van der Waals surface area contributed by atoms with E-state index < -0.39 is 16.0 Å². The molecule has 20 heavy (non-hydrogen) atoms. The Hall–Kier alpha value is -1.82. The molecule has 0 bridgehead atoms. The van der Waals surface area contributed by atoms with Gasteiger partial charge in [-0.2, -0.15) is 0 Å². The van der Waals surface area contributed by atoms with Gasteiger partial charge in [0, 0.05) is 11.8 Å². The Kier molecular flexibility index (Phi) is 4.94. The zero-order valence-electron chi connectivity index (χ0n) is 11.8. The average molecular weight is 297 g/mol. The van der Waals surface area contributed by atoms with Gasteiger partial charge in [-0.3, -0.25) is 4.72 Å². The van der Waals surface area contributed by atoms with E-state index >= 15 is 0 Å². The Labute approximate surface area is 119 Å². The summed E-state index contributed by atoms with van der Waals surface area (Å²) in [6, 6.07) is 6.56. The molecule has 1 aromatic rings. The van der Waals surface area contributed by atoms with Crippen LogP contribution in [0.5, 0.6) is 0 Å². The molecule has 0 fully saturated rings. The lowest BCUT2D eigenvalue weighted by Gasteiger charge is -2.18. The first kappa shape index (κ1) is 16.2. The normalized spacial score (nSPS) is 12.6. The molecule has 0 amide bonds. The van der Waals surface area contributed by atoms with E-state index in [1.54, 1.807) is 24.3 Å². The zero-order chi connectivity index (χ0) is 15.4.